The van der Waals surface area contributed by atoms with Gasteiger partial charge >= 0.3 is 5.97 Å². The number of nitrogens with zero attached hydrogens (tertiary/aromatic N) is 1. The Bertz CT molecular complexity index is 1390. The van der Waals surface area contributed by atoms with Gasteiger partial charge in [0.05, 0.1) is 17.7 Å². The smallest absolute Gasteiger partial charge is 0.336 e. The van der Waals surface area contributed by atoms with Gasteiger partial charge in [0.15, 0.2) is 0 Å². The molecule has 164 valence electrons. The molecule has 0 spiro atoms. The van der Waals surface area contributed by atoms with Crippen LogP contribution >= 0.6 is 11.6 Å². The third-order valence-corrected chi connectivity index (χ3v) is 5.67. The van der Waals surface area contributed by atoms with Gasteiger partial charge in [-0.1, -0.05) is 84.4 Å². The number of aromatic nitrogens is 1. The monoisotopic (exact) mass is 455 g/mol. The van der Waals surface area contributed by atoms with Crippen LogP contribution < -0.4 is 5.56 Å². The van der Waals surface area contributed by atoms with Gasteiger partial charge < -0.3 is 9.67 Å². The van der Waals surface area contributed by atoms with Gasteiger partial charge in [0.25, 0.3) is 5.56 Å². The Hall–Kier alpha value is -3.89. The number of carbonyl (C=O) groups is 1. The zero-order chi connectivity index (χ0) is 23.4. The van der Waals surface area contributed by atoms with Gasteiger partial charge in [-0.25, -0.2) is 4.79 Å². The number of carboxylic acid groups (broad SMARTS) is 1. The molecule has 0 radical (unpaired) electrons. The third kappa shape index (κ3) is 4.97. The van der Waals surface area contributed by atoms with Gasteiger partial charge in [-0.3, -0.25) is 4.79 Å². The van der Waals surface area contributed by atoms with E-state index in [2.05, 4.69) is 0 Å². The number of benzene rings is 3. The Labute approximate surface area is 197 Å². The lowest BCUT2D eigenvalue weighted by molar-refractivity contribution is 0.0697. The van der Waals surface area contributed by atoms with E-state index in [4.69, 9.17) is 11.6 Å². The van der Waals surface area contributed by atoms with Crippen molar-refractivity contribution in [2.75, 3.05) is 0 Å². The molecule has 0 aliphatic rings. The molecule has 1 heterocycles. The van der Waals surface area contributed by atoms with E-state index in [-0.39, 0.29) is 11.1 Å². The van der Waals surface area contributed by atoms with Crippen LogP contribution in [-0.2, 0) is 6.54 Å². The summed E-state index contributed by atoms with van der Waals surface area (Å²) in [4.78, 5) is 25.7. The lowest BCUT2D eigenvalue weighted by Crippen LogP contribution is -2.24. The molecule has 33 heavy (non-hydrogen) atoms. The van der Waals surface area contributed by atoms with Crippen molar-refractivity contribution in [2.24, 2.45) is 0 Å². The summed E-state index contributed by atoms with van der Waals surface area (Å²) in [6.45, 7) is 2.29. The molecule has 0 atom stereocenters. The van der Waals surface area contributed by atoms with E-state index >= 15 is 0 Å². The number of aromatic carboxylic acids is 1. The SMILES string of the molecule is Cc1cn(Cc2ccccc2)c(=O)c(-c2cc(Cl)ccc2C(=O)O)c1/C=C/c1ccccc1. The van der Waals surface area contributed by atoms with Crippen molar-refractivity contribution in [3.05, 3.63) is 128 Å². The number of aryl methyl sites for hydroxylation is 1. The van der Waals surface area contributed by atoms with Gasteiger partial charge in [-0.05, 0) is 47.4 Å². The van der Waals surface area contributed by atoms with Gasteiger partial charge in [-0.15, -0.1) is 0 Å². The lowest BCUT2D eigenvalue weighted by atomic mass is 9.93. The summed E-state index contributed by atoms with van der Waals surface area (Å²) in [5.74, 6) is -1.12. The first-order chi connectivity index (χ1) is 15.9. The van der Waals surface area contributed by atoms with Crippen LogP contribution in [0.15, 0.2) is 89.9 Å². The topological polar surface area (TPSA) is 59.3 Å². The predicted molar refractivity (Wildman–Crippen MR) is 134 cm³/mol. The second-order valence-electron chi connectivity index (χ2n) is 7.76. The highest BCUT2D eigenvalue weighted by molar-refractivity contribution is 6.31. The fraction of sp³-hybridized carbons (Fsp3) is 0.0714. The van der Waals surface area contributed by atoms with Gasteiger partial charge in [-0.2, -0.15) is 0 Å². The largest absolute Gasteiger partial charge is 0.478 e. The van der Waals surface area contributed by atoms with Gasteiger partial charge in [0.1, 0.15) is 0 Å². The highest BCUT2D eigenvalue weighted by Gasteiger charge is 2.20. The van der Waals surface area contributed by atoms with Crippen LogP contribution in [0, 0.1) is 6.92 Å². The molecular weight excluding hydrogens is 434 g/mol. The Morgan fingerprint density at radius 3 is 2.30 bits per heavy atom. The van der Waals surface area contributed by atoms with E-state index < -0.39 is 5.97 Å². The highest BCUT2D eigenvalue weighted by atomic mass is 35.5. The van der Waals surface area contributed by atoms with Crippen LogP contribution in [-0.4, -0.2) is 15.6 Å². The molecule has 3 aromatic carbocycles. The molecule has 4 nitrogen and oxygen atoms in total. The van der Waals surface area contributed by atoms with Crippen molar-refractivity contribution in [2.45, 2.75) is 13.5 Å². The molecule has 4 rings (SSSR count). The molecule has 0 aliphatic heterocycles. The summed E-state index contributed by atoms with van der Waals surface area (Å²) in [6.07, 6.45) is 5.59. The van der Waals surface area contributed by atoms with E-state index in [1.165, 1.54) is 12.1 Å². The predicted octanol–water partition coefficient (Wildman–Crippen LogP) is 6.39. The number of carboxylic acids is 1. The number of halogens is 1. The summed E-state index contributed by atoms with van der Waals surface area (Å²) >= 11 is 6.24. The molecule has 0 fully saturated rings. The summed E-state index contributed by atoms with van der Waals surface area (Å²) in [5, 5.41) is 10.2. The summed E-state index contributed by atoms with van der Waals surface area (Å²) < 4.78 is 1.62. The maximum atomic E-state index is 13.7. The van der Waals surface area contributed by atoms with Crippen LogP contribution in [0.4, 0.5) is 0 Å². The molecule has 0 bridgehead atoms. The average molecular weight is 456 g/mol. The lowest BCUT2D eigenvalue weighted by Gasteiger charge is -2.16. The number of hydrogen-bond donors (Lipinski definition) is 1. The zero-order valence-electron chi connectivity index (χ0n) is 18.0. The van der Waals surface area contributed by atoms with E-state index in [0.717, 1.165) is 16.7 Å². The minimum atomic E-state index is -1.12. The molecular formula is C28H22ClNO3. The van der Waals surface area contributed by atoms with Crippen LogP contribution in [0.5, 0.6) is 0 Å². The number of hydrogen-bond acceptors (Lipinski definition) is 2. The van der Waals surface area contributed by atoms with E-state index in [9.17, 15) is 14.7 Å². The zero-order valence-corrected chi connectivity index (χ0v) is 18.8. The summed E-state index contributed by atoms with van der Waals surface area (Å²) in [5.41, 5.74) is 3.84. The first-order valence-electron chi connectivity index (χ1n) is 10.5. The third-order valence-electron chi connectivity index (χ3n) is 5.44. The fourth-order valence-electron chi connectivity index (χ4n) is 3.84. The second kappa shape index (κ2) is 9.72. The molecule has 0 saturated heterocycles. The van der Waals surface area contributed by atoms with Crippen molar-refractivity contribution in [3.63, 3.8) is 0 Å². The quantitative estimate of drug-likeness (QED) is 0.366. The van der Waals surface area contributed by atoms with E-state index in [0.29, 0.717) is 28.3 Å². The Balaban J connectivity index is 1.97. The molecule has 1 aromatic heterocycles. The summed E-state index contributed by atoms with van der Waals surface area (Å²) in [6, 6.07) is 23.9. The molecule has 0 aliphatic carbocycles. The highest BCUT2D eigenvalue weighted by Crippen LogP contribution is 2.30. The van der Waals surface area contributed by atoms with Crippen LogP contribution in [0.3, 0.4) is 0 Å². The number of pyridine rings is 1. The van der Waals surface area contributed by atoms with Crippen LogP contribution in [0.2, 0.25) is 5.02 Å². The molecule has 4 aromatic rings. The van der Waals surface area contributed by atoms with Crippen LogP contribution in [0.25, 0.3) is 23.3 Å². The minimum Gasteiger partial charge on any atom is -0.478 e. The Morgan fingerprint density at radius 1 is 0.970 bits per heavy atom. The maximum absolute atomic E-state index is 13.7. The molecule has 5 heteroatoms. The first kappa shape index (κ1) is 22.3. The van der Waals surface area contributed by atoms with Crippen molar-refractivity contribution in [1.29, 1.82) is 0 Å². The fourth-order valence-corrected chi connectivity index (χ4v) is 4.02. The Kier molecular flexibility index (Phi) is 6.57. The van der Waals surface area contributed by atoms with Crippen LogP contribution in [0.1, 0.15) is 32.6 Å². The van der Waals surface area contributed by atoms with Crippen molar-refractivity contribution in [3.8, 4) is 11.1 Å². The maximum Gasteiger partial charge on any atom is 0.336 e. The summed E-state index contributed by atoms with van der Waals surface area (Å²) in [7, 11) is 0. The molecule has 0 saturated carbocycles. The van der Waals surface area contributed by atoms with Crippen molar-refractivity contribution >= 4 is 29.7 Å². The molecule has 1 N–H and O–H groups in total. The Morgan fingerprint density at radius 2 is 1.64 bits per heavy atom. The van der Waals surface area contributed by atoms with Crippen molar-refractivity contribution in [1.82, 2.24) is 4.57 Å². The molecule has 0 unspecified atom stereocenters. The second-order valence-corrected chi connectivity index (χ2v) is 8.19. The first-order valence-corrected chi connectivity index (χ1v) is 10.9. The number of rotatable bonds is 6. The average Bonchev–Trinajstić information content (AvgIpc) is 2.81. The minimum absolute atomic E-state index is 0.0303. The van der Waals surface area contributed by atoms with Gasteiger partial charge in [0.2, 0.25) is 0 Å². The van der Waals surface area contributed by atoms with E-state index in [1.807, 2.05) is 85.9 Å². The van der Waals surface area contributed by atoms with E-state index in [1.54, 1.807) is 10.6 Å². The van der Waals surface area contributed by atoms with Gasteiger partial charge in [0, 0.05) is 16.8 Å². The standard InChI is InChI=1S/C28H22ClNO3/c1-19-17-30(18-21-10-6-3-7-11-21)27(31)26(23(19)14-12-20-8-4-2-5-9-20)25-16-22(29)13-15-24(25)28(32)33/h2-17H,18H2,1H3,(H,32,33)/b14-12+. The molecule has 0 amide bonds. The normalized spacial score (nSPS) is 11.1. The van der Waals surface area contributed by atoms with Crippen molar-refractivity contribution < 1.29 is 9.90 Å².